The Kier molecular flexibility index (Phi) is 4.43. The molecule has 0 bridgehead atoms. The number of para-hydroxylation sites is 1. The number of fused-ring (bicyclic) bond motifs is 1. The molecule has 0 saturated carbocycles. The second-order valence-corrected chi connectivity index (χ2v) is 6.02. The van der Waals surface area contributed by atoms with Crippen LogP contribution in [0, 0.1) is 6.92 Å². The first-order valence-electron chi connectivity index (χ1n) is 7.09. The summed E-state index contributed by atoms with van der Waals surface area (Å²) in [5, 5.41) is 5.50. The highest BCUT2D eigenvalue weighted by molar-refractivity contribution is 7.09. The highest BCUT2D eigenvalue weighted by Gasteiger charge is 2.19. The molecule has 118 valence electrons. The number of amides is 1. The molecule has 0 radical (unpaired) electrons. The molecule has 6 heteroatoms. The van der Waals surface area contributed by atoms with Crippen LogP contribution in [0.1, 0.15) is 21.0 Å². The molecule has 2 aromatic heterocycles. The molecule has 3 rings (SSSR count). The standard InChI is InChI=1S/C17H15NO4S/c1-11-13-6-2-3-7-14(13)22-16(11)17(20)21-10-15(19)18-9-12-5-4-8-23-12/h2-8H,9-10H2,1H3,(H,18,19). The number of nitrogens with one attached hydrogen (secondary N) is 1. The summed E-state index contributed by atoms with van der Waals surface area (Å²) < 4.78 is 10.5. The van der Waals surface area contributed by atoms with E-state index in [9.17, 15) is 9.59 Å². The van der Waals surface area contributed by atoms with Crippen LogP contribution in [0.3, 0.4) is 0 Å². The zero-order valence-electron chi connectivity index (χ0n) is 12.5. The fourth-order valence-corrected chi connectivity index (χ4v) is 2.86. The van der Waals surface area contributed by atoms with Gasteiger partial charge in [-0.15, -0.1) is 11.3 Å². The van der Waals surface area contributed by atoms with Crippen LogP contribution in [-0.2, 0) is 16.1 Å². The fourth-order valence-electron chi connectivity index (χ4n) is 2.22. The molecule has 0 atom stereocenters. The summed E-state index contributed by atoms with van der Waals surface area (Å²) in [5.41, 5.74) is 1.34. The smallest absolute Gasteiger partial charge is 0.375 e. The molecule has 5 nitrogen and oxygen atoms in total. The lowest BCUT2D eigenvalue weighted by molar-refractivity contribution is -0.124. The van der Waals surface area contributed by atoms with Gasteiger partial charge >= 0.3 is 5.97 Å². The Morgan fingerprint density at radius 1 is 1.22 bits per heavy atom. The SMILES string of the molecule is Cc1c(C(=O)OCC(=O)NCc2cccs2)oc2ccccc12. The molecule has 23 heavy (non-hydrogen) atoms. The van der Waals surface area contributed by atoms with E-state index in [-0.39, 0.29) is 18.3 Å². The molecule has 1 aromatic carbocycles. The Balaban J connectivity index is 1.58. The van der Waals surface area contributed by atoms with Gasteiger partial charge in [0.25, 0.3) is 5.91 Å². The van der Waals surface area contributed by atoms with E-state index in [0.29, 0.717) is 17.7 Å². The molecular formula is C17H15NO4S. The predicted octanol–water partition coefficient (Wildman–Crippen LogP) is 3.28. The van der Waals surface area contributed by atoms with Crippen LogP contribution in [0.4, 0.5) is 0 Å². The molecule has 0 saturated heterocycles. The maximum atomic E-state index is 12.1. The quantitative estimate of drug-likeness (QED) is 0.729. The summed E-state index contributed by atoms with van der Waals surface area (Å²) in [7, 11) is 0. The van der Waals surface area contributed by atoms with Crippen LogP contribution in [0.2, 0.25) is 0 Å². The summed E-state index contributed by atoms with van der Waals surface area (Å²) >= 11 is 1.55. The van der Waals surface area contributed by atoms with E-state index in [4.69, 9.17) is 9.15 Å². The molecular weight excluding hydrogens is 314 g/mol. The highest BCUT2D eigenvalue weighted by atomic mass is 32.1. The number of thiophene rings is 1. The highest BCUT2D eigenvalue weighted by Crippen LogP contribution is 2.25. The first-order valence-corrected chi connectivity index (χ1v) is 7.97. The van der Waals surface area contributed by atoms with E-state index in [1.165, 1.54) is 0 Å². The number of aryl methyl sites for hydroxylation is 1. The largest absolute Gasteiger partial charge is 0.450 e. The van der Waals surface area contributed by atoms with Crippen LogP contribution in [0.25, 0.3) is 11.0 Å². The van der Waals surface area contributed by atoms with E-state index in [1.54, 1.807) is 24.3 Å². The minimum Gasteiger partial charge on any atom is -0.450 e. The summed E-state index contributed by atoms with van der Waals surface area (Å²) in [6, 6.07) is 11.2. The van der Waals surface area contributed by atoms with E-state index in [2.05, 4.69) is 5.32 Å². The minimum absolute atomic E-state index is 0.136. The van der Waals surface area contributed by atoms with Crippen molar-refractivity contribution in [1.82, 2.24) is 5.32 Å². The van der Waals surface area contributed by atoms with Gasteiger partial charge in [-0.3, -0.25) is 4.79 Å². The molecule has 1 N–H and O–H groups in total. The van der Waals surface area contributed by atoms with E-state index < -0.39 is 5.97 Å². The maximum absolute atomic E-state index is 12.1. The molecule has 0 aliphatic heterocycles. The van der Waals surface area contributed by atoms with Crippen molar-refractivity contribution in [2.75, 3.05) is 6.61 Å². The monoisotopic (exact) mass is 329 g/mol. The van der Waals surface area contributed by atoms with E-state index in [0.717, 1.165) is 10.3 Å². The van der Waals surface area contributed by atoms with Crippen molar-refractivity contribution in [3.63, 3.8) is 0 Å². The topological polar surface area (TPSA) is 68.5 Å². The molecule has 0 spiro atoms. The molecule has 0 aliphatic rings. The zero-order chi connectivity index (χ0) is 16.2. The number of hydrogen-bond acceptors (Lipinski definition) is 5. The van der Waals surface area contributed by atoms with Gasteiger partial charge in [-0.2, -0.15) is 0 Å². The van der Waals surface area contributed by atoms with Gasteiger partial charge in [0, 0.05) is 15.8 Å². The molecule has 0 fully saturated rings. The third-order valence-electron chi connectivity index (χ3n) is 3.40. The van der Waals surface area contributed by atoms with Crippen molar-refractivity contribution in [3.8, 4) is 0 Å². The minimum atomic E-state index is -0.634. The first-order chi connectivity index (χ1) is 11.1. The Hall–Kier alpha value is -2.60. The molecule has 0 unspecified atom stereocenters. The van der Waals surface area contributed by atoms with Crippen LogP contribution in [-0.4, -0.2) is 18.5 Å². The van der Waals surface area contributed by atoms with Gasteiger partial charge in [0.15, 0.2) is 6.61 Å². The Morgan fingerprint density at radius 3 is 2.78 bits per heavy atom. The number of furan rings is 1. The predicted molar refractivity (Wildman–Crippen MR) is 87.4 cm³/mol. The zero-order valence-corrected chi connectivity index (χ0v) is 13.3. The second-order valence-electron chi connectivity index (χ2n) is 4.98. The third kappa shape index (κ3) is 3.43. The molecule has 3 aromatic rings. The first kappa shape index (κ1) is 15.3. The van der Waals surface area contributed by atoms with Crippen LogP contribution >= 0.6 is 11.3 Å². The van der Waals surface area contributed by atoms with Crippen molar-refractivity contribution in [2.45, 2.75) is 13.5 Å². The Bertz CT molecular complexity index is 836. The van der Waals surface area contributed by atoms with Gasteiger partial charge in [0.1, 0.15) is 5.58 Å². The average molecular weight is 329 g/mol. The number of carbonyl (C=O) groups excluding carboxylic acids is 2. The maximum Gasteiger partial charge on any atom is 0.375 e. The number of carbonyl (C=O) groups is 2. The summed E-state index contributed by atoms with van der Waals surface area (Å²) in [6.07, 6.45) is 0. The van der Waals surface area contributed by atoms with Crippen LogP contribution in [0.5, 0.6) is 0 Å². The van der Waals surface area contributed by atoms with Gasteiger partial charge in [0.2, 0.25) is 5.76 Å². The van der Waals surface area contributed by atoms with Gasteiger partial charge < -0.3 is 14.5 Å². The van der Waals surface area contributed by atoms with E-state index >= 15 is 0 Å². The lowest BCUT2D eigenvalue weighted by Crippen LogP contribution is -2.28. The van der Waals surface area contributed by atoms with Crippen molar-refractivity contribution in [2.24, 2.45) is 0 Å². The summed E-state index contributed by atoms with van der Waals surface area (Å²) in [6.45, 7) is 1.89. The molecule has 0 aliphatic carbocycles. The Morgan fingerprint density at radius 2 is 2.04 bits per heavy atom. The summed E-state index contributed by atoms with van der Waals surface area (Å²) in [4.78, 5) is 24.8. The number of ether oxygens (including phenoxy) is 1. The molecule has 2 heterocycles. The van der Waals surface area contributed by atoms with Crippen molar-refractivity contribution >= 4 is 34.2 Å². The van der Waals surface area contributed by atoms with Gasteiger partial charge in [-0.05, 0) is 24.4 Å². The normalized spacial score (nSPS) is 10.7. The van der Waals surface area contributed by atoms with Crippen molar-refractivity contribution < 1.29 is 18.7 Å². The fraction of sp³-hybridized carbons (Fsp3) is 0.176. The van der Waals surface area contributed by atoms with Crippen molar-refractivity contribution in [1.29, 1.82) is 0 Å². The Labute approximate surface area is 136 Å². The lowest BCUT2D eigenvalue weighted by Gasteiger charge is -2.04. The average Bonchev–Trinajstić information content (AvgIpc) is 3.19. The number of hydrogen-bond donors (Lipinski definition) is 1. The number of esters is 1. The van der Waals surface area contributed by atoms with Crippen LogP contribution < -0.4 is 5.32 Å². The van der Waals surface area contributed by atoms with E-state index in [1.807, 2.05) is 35.7 Å². The summed E-state index contributed by atoms with van der Waals surface area (Å²) in [5.74, 6) is -0.845. The second kappa shape index (κ2) is 6.66. The van der Waals surface area contributed by atoms with Gasteiger partial charge in [0.05, 0.1) is 6.54 Å². The van der Waals surface area contributed by atoms with Gasteiger partial charge in [-0.1, -0.05) is 24.3 Å². The van der Waals surface area contributed by atoms with Gasteiger partial charge in [-0.25, -0.2) is 4.79 Å². The number of rotatable bonds is 5. The van der Waals surface area contributed by atoms with Crippen molar-refractivity contribution in [3.05, 3.63) is 58.0 Å². The lowest BCUT2D eigenvalue weighted by atomic mass is 10.1. The van der Waals surface area contributed by atoms with Crippen LogP contribution in [0.15, 0.2) is 46.2 Å². The third-order valence-corrected chi connectivity index (χ3v) is 4.28. The molecule has 1 amide bonds. The number of benzene rings is 1.